The normalized spacial score (nSPS) is 11.5. The van der Waals surface area contributed by atoms with Gasteiger partial charge in [-0.2, -0.15) is 0 Å². The molecule has 0 aliphatic heterocycles. The molecule has 4 heteroatoms. The number of hydrogen-bond donors (Lipinski definition) is 0. The molecule has 0 unspecified atom stereocenters. The number of ether oxygens (including phenoxy) is 2. The Labute approximate surface area is 135 Å². The minimum absolute atomic E-state index is 0.357. The number of hydrogen-bond acceptors (Lipinski definition) is 4. The van der Waals surface area contributed by atoms with E-state index >= 15 is 0 Å². The van der Waals surface area contributed by atoms with Crippen molar-refractivity contribution >= 4 is 11.9 Å². The van der Waals surface area contributed by atoms with Gasteiger partial charge in [-0.1, -0.05) is 60.3 Å². The Balaban J connectivity index is 4.69. The van der Waals surface area contributed by atoms with E-state index in [-0.39, 0.29) is 0 Å². The molecule has 130 valence electrons. The average molecular weight is 314 g/mol. The predicted molar refractivity (Wildman–Crippen MR) is 88.5 cm³/mol. The Morgan fingerprint density at radius 1 is 0.864 bits per heavy atom. The third-order valence-electron chi connectivity index (χ3n) is 4.57. The van der Waals surface area contributed by atoms with E-state index in [0.29, 0.717) is 32.0 Å². The molecule has 0 atom stereocenters. The first-order valence-electron chi connectivity index (χ1n) is 8.86. The second kappa shape index (κ2) is 11.5. The molecule has 0 aromatic heterocycles. The lowest BCUT2D eigenvalue weighted by Gasteiger charge is -2.27. The van der Waals surface area contributed by atoms with Gasteiger partial charge in [-0.15, -0.1) is 0 Å². The van der Waals surface area contributed by atoms with E-state index in [1.54, 1.807) is 0 Å². The van der Waals surface area contributed by atoms with Gasteiger partial charge >= 0.3 is 11.9 Å². The molecule has 0 aliphatic rings. The lowest BCUT2D eigenvalue weighted by Crippen LogP contribution is -2.41. The summed E-state index contributed by atoms with van der Waals surface area (Å²) in [6.07, 6.45) is 5.70. The molecule has 0 saturated heterocycles. The van der Waals surface area contributed by atoms with E-state index in [4.69, 9.17) is 9.47 Å². The Morgan fingerprint density at radius 3 is 1.86 bits per heavy atom. The number of carbonyl (C=O) groups is 2. The molecule has 0 rings (SSSR count). The van der Waals surface area contributed by atoms with Crippen molar-refractivity contribution < 1.29 is 19.1 Å². The van der Waals surface area contributed by atoms with E-state index in [1.807, 2.05) is 13.8 Å². The molecule has 0 amide bonds. The van der Waals surface area contributed by atoms with Crippen molar-refractivity contribution in [3.63, 3.8) is 0 Å². The highest BCUT2D eigenvalue weighted by Crippen LogP contribution is 2.30. The monoisotopic (exact) mass is 314 g/mol. The van der Waals surface area contributed by atoms with Crippen LogP contribution in [0.1, 0.15) is 79.6 Å². The van der Waals surface area contributed by atoms with Crippen LogP contribution >= 0.6 is 0 Å². The molecule has 0 radical (unpaired) electrons. The van der Waals surface area contributed by atoms with Gasteiger partial charge in [0, 0.05) is 0 Å². The Bertz CT molecular complexity index is 317. The summed E-state index contributed by atoms with van der Waals surface area (Å²) >= 11 is 0. The molecule has 0 fully saturated rings. The minimum atomic E-state index is -1.14. The molecule has 0 aliphatic carbocycles. The van der Waals surface area contributed by atoms with Crippen molar-refractivity contribution in [1.29, 1.82) is 0 Å². The van der Waals surface area contributed by atoms with Crippen LogP contribution in [0.5, 0.6) is 0 Å². The SMILES string of the molecule is CCCCCOC(=O)C(CC)(CC)C(=O)OCC(CC)CC. The summed E-state index contributed by atoms with van der Waals surface area (Å²) in [6.45, 7) is 10.7. The van der Waals surface area contributed by atoms with E-state index in [1.165, 1.54) is 0 Å². The van der Waals surface area contributed by atoms with E-state index in [2.05, 4.69) is 20.8 Å². The highest BCUT2D eigenvalue weighted by atomic mass is 16.6. The highest BCUT2D eigenvalue weighted by Gasteiger charge is 2.46. The van der Waals surface area contributed by atoms with Gasteiger partial charge in [-0.3, -0.25) is 9.59 Å². The summed E-state index contributed by atoms with van der Waals surface area (Å²) < 4.78 is 10.8. The maximum absolute atomic E-state index is 12.5. The van der Waals surface area contributed by atoms with Crippen LogP contribution in [-0.4, -0.2) is 25.2 Å². The Hall–Kier alpha value is -1.06. The zero-order valence-corrected chi connectivity index (χ0v) is 15.1. The van der Waals surface area contributed by atoms with Gasteiger partial charge in [0.2, 0.25) is 0 Å². The Morgan fingerprint density at radius 2 is 1.41 bits per heavy atom. The van der Waals surface area contributed by atoms with Crippen LogP contribution in [0.25, 0.3) is 0 Å². The standard InChI is InChI=1S/C18H34O4/c1-6-11-12-13-21-16(19)18(9-4,10-5)17(20)22-14-15(7-2)8-3/h15H,6-14H2,1-5H3. The molecule has 0 heterocycles. The molecule has 0 spiro atoms. The van der Waals surface area contributed by atoms with Crippen molar-refractivity contribution in [2.24, 2.45) is 11.3 Å². The number of esters is 2. The summed E-state index contributed by atoms with van der Waals surface area (Å²) in [5.41, 5.74) is -1.14. The first kappa shape index (κ1) is 20.9. The van der Waals surface area contributed by atoms with Gasteiger partial charge in [-0.05, 0) is 25.2 Å². The van der Waals surface area contributed by atoms with Crippen LogP contribution in [0.2, 0.25) is 0 Å². The van der Waals surface area contributed by atoms with Crippen LogP contribution in [0, 0.1) is 11.3 Å². The second-order valence-corrected chi connectivity index (χ2v) is 5.91. The van der Waals surface area contributed by atoms with Crippen LogP contribution in [-0.2, 0) is 19.1 Å². The lowest BCUT2D eigenvalue weighted by atomic mass is 9.82. The number of unbranched alkanes of at least 4 members (excludes halogenated alkanes) is 2. The zero-order chi connectivity index (χ0) is 17.0. The molecule has 0 aromatic carbocycles. The Kier molecular flexibility index (Phi) is 10.9. The maximum Gasteiger partial charge on any atom is 0.323 e. The molecular weight excluding hydrogens is 280 g/mol. The second-order valence-electron chi connectivity index (χ2n) is 5.91. The predicted octanol–water partition coefficient (Wildman–Crippen LogP) is 4.51. The van der Waals surface area contributed by atoms with Crippen molar-refractivity contribution in [2.45, 2.75) is 79.6 Å². The van der Waals surface area contributed by atoms with E-state index in [9.17, 15) is 9.59 Å². The van der Waals surface area contributed by atoms with Crippen LogP contribution < -0.4 is 0 Å². The van der Waals surface area contributed by atoms with E-state index < -0.39 is 17.4 Å². The fourth-order valence-electron chi connectivity index (χ4n) is 2.42. The van der Waals surface area contributed by atoms with Gasteiger partial charge in [-0.25, -0.2) is 0 Å². The number of rotatable bonds is 12. The fourth-order valence-corrected chi connectivity index (χ4v) is 2.42. The third-order valence-corrected chi connectivity index (χ3v) is 4.57. The topological polar surface area (TPSA) is 52.6 Å². The van der Waals surface area contributed by atoms with Crippen LogP contribution in [0.4, 0.5) is 0 Å². The summed E-state index contributed by atoms with van der Waals surface area (Å²) in [5.74, 6) is -0.496. The molecule has 22 heavy (non-hydrogen) atoms. The smallest absolute Gasteiger partial charge is 0.323 e. The quantitative estimate of drug-likeness (QED) is 0.302. The van der Waals surface area contributed by atoms with Crippen molar-refractivity contribution in [3.05, 3.63) is 0 Å². The maximum atomic E-state index is 12.5. The minimum Gasteiger partial charge on any atom is -0.465 e. The lowest BCUT2D eigenvalue weighted by molar-refractivity contribution is -0.174. The molecule has 4 nitrogen and oxygen atoms in total. The first-order chi connectivity index (χ1) is 10.5. The van der Waals surface area contributed by atoms with Crippen molar-refractivity contribution in [1.82, 2.24) is 0 Å². The number of carbonyl (C=O) groups excluding carboxylic acids is 2. The largest absolute Gasteiger partial charge is 0.465 e. The summed E-state index contributed by atoms with van der Waals surface area (Å²) in [6, 6.07) is 0. The summed E-state index contributed by atoms with van der Waals surface area (Å²) in [5, 5.41) is 0. The molecule has 0 aromatic rings. The van der Waals surface area contributed by atoms with Gasteiger partial charge < -0.3 is 9.47 Å². The van der Waals surface area contributed by atoms with Crippen molar-refractivity contribution in [2.75, 3.05) is 13.2 Å². The first-order valence-corrected chi connectivity index (χ1v) is 8.86. The summed E-state index contributed by atoms with van der Waals surface area (Å²) in [4.78, 5) is 24.9. The van der Waals surface area contributed by atoms with Gasteiger partial charge in [0.25, 0.3) is 0 Å². The zero-order valence-electron chi connectivity index (χ0n) is 15.1. The van der Waals surface area contributed by atoms with Gasteiger partial charge in [0.15, 0.2) is 5.41 Å². The highest BCUT2D eigenvalue weighted by molar-refractivity contribution is 5.99. The van der Waals surface area contributed by atoms with Gasteiger partial charge in [0.1, 0.15) is 0 Å². The molecule has 0 bridgehead atoms. The summed E-state index contributed by atoms with van der Waals surface area (Å²) in [7, 11) is 0. The van der Waals surface area contributed by atoms with E-state index in [0.717, 1.165) is 32.1 Å². The van der Waals surface area contributed by atoms with Crippen LogP contribution in [0.15, 0.2) is 0 Å². The molecule has 0 saturated carbocycles. The van der Waals surface area contributed by atoms with Gasteiger partial charge in [0.05, 0.1) is 13.2 Å². The van der Waals surface area contributed by atoms with Crippen LogP contribution in [0.3, 0.4) is 0 Å². The van der Waals surface area contributed by atoms with Crippen molar-refractivity contribution in [3.8, 4) is 0 Å². The average Bonchev–Trinajstić information content (AvgIpc) is 2.54. The molecule has 0 N–H and O–H groups in total. The molecular formula is C18H34O4. The fraction of sp³-hybridized carbons (Fsp3) is 0.889. The third kappa shape index (κ3) is 5.98.